The summed E-state index contributed by atoms with van der Waals surface area (Å²) >= 11 is 0. The van der Waals surface area contributed by atoms with Gasteiger partial charge in [-0.2, -0.15) is 0 Å². The number of anilines is 3. The van der Waals surface area contributed by atoms with Crippen LogP contribution in [0.25, 0.3) is 21.8 Å². The molecule has 10 heteroatoms. The van der Waals surface area contributed by atoms with E-state index in [1.165, 1.54) is 13.2 Å². The van der Waals surface area contributed by atoms with Crippen molar-refractivity contribution in [3.63, 3.8) is 0 Å². The summed E-state index contributed by atoms with van der Waals surface area (Å²) in [4.78, 5) is 29.4. The van der Waals surface area contributed by atoms with Gasteiger partial charge in [-0.15, -0.1) is 0 Å². The molecule has 37 heavy (non-hydrogen) atoms. The zero-order valence-corrected chi connectivity index (χ0v) is 21.0. The summed E-state index contributed by atoms with van der Waals surface area (Å²) in [5.74, 6) is -1.87. The highest BCUT2D eigenvalue weighted by molar-refractivity contribution is 6.04. The Morgan fingerprint density at radius 1 is 1.22 bits per heavy atom. The van der Waals surface area contributed by atoms with Crippen LogP contribution >= 0.6 is 0 Å². The maximum Gasteiger partial charge on any atom is 0.341 e. The van der Waals surface area contributed by atoms with Crippen LogP contribution in [0.3, 0.4) is 0 Å². The quantitative estimate of drug-likeness (QED) is 0.271. The van der Waals surface area contributed by atoms with Crippen molar-refractivity contribution in [1.29, 1.82) is 0 Å². The molecule has 9 nitrogen and oxygen atoms in total. The first kappa shape index (κ1) is 24.4. The zero-order chi connectivity index (χ0) is 26.4. The molecule has 0 radical (unpaired) electrons. The summed E-state index contributed by atoms with van der Waals surface area (Å²) in [6.07, 6.45) is 1.31. The molecule has 5 rings (SSSR count). The second-order valence-electron chi connectivity index (χ2n) is 9.30. The van der Waals surface area contributed by atoms with Gasteiger partial charge in [0.15, 0.2) is 11.6 Å². The van der Waals surface area contributed by atoms with Gasteiger partial charge in [0.1, 0.15) is 17.9 Å². The molecule has 0 unspecified atom stereocenters. The lowest BCUT2D eigenvalue weighted by Crippen LogP contribution is -2.28. The van der Waals surface area contributed by atoms with E-state index in [2.05, 4.69) is 27.0 Å². The molecule has 192 valence electrons. The van der Waals surface area contributed by atoms with E-state index in [1.807, 2.05) is 39.0 Å². The van der Waals surface area contributed by atoms with Gasteiger partial charge >= 0.3 is 5.97 Å². The first-order valence-electron chi connectivity index (χ1n) is 12.0. The van der Waals surface area contributed by atoms with Crippen LogP contribution in [0.15, 0.2) is 35.3 Å². The number of halogens is 1. The van der Waals surface area contributed by atoms with E-state index in [4.69, 9.17) is 4.74 Å². The molecule has 1 aliphatic rings. The minimum Gasteiger partial charge on any atom is -0.487 e. The Balaban J connectivity index is 1.51. The highest BCUT2D eigenvalue weighted by Gasteiger charge is 2.31. The molecule has 0 fully saturated rings. The number of pyridine rings is 2. The molecule has 0 spiro atoms. The number of benzene rings is 2. The Hall–Kier alpha value is -4.34. The van der Waals surface area contributed by atoms with Gasteiger partial charge in [-0.25, -0.2) is 9.18 Å². The number of carboxylic acid groups (broad SMARTS) is 1. The standard InChI is InChI=1S/C27H28FN5O4/c1-13-5-6-18-16(9-13)19(10-14(2)32-18)30-7-8-31-23-21(28)22(29-4)20-24-26(23)37-12-15(3)33(24)11-17(25(20)34)27(35)36/h5-6,9-11,15,29,31H,7-8,12H2,1-4H3,(H,30,32)(H,35,36)/t15-/m0/s1. The van der Waals surface area contributed by atoms with Crippen molar-refractivity contribution in [3.8, 4) is 5.75 Å². The van der Waals surface area contributed by atoms with Gasteiger partial charge < -0.3 is 30.4 Å². The van der Waals surface area contributed by atoms with Crippen molar-refractivity contribution in [1.82, 2.24) is 9.55 Å². The average molecular weight is 506 g/mol. The van der Waals surface area contributed by atoms with Gasteiger partial charge in [0.2, 0.25) is 5.43 Å². The highest BCUT2D eigenvalue weighted by atomic mass is 19.1. The monoisotopic (exact) mass is 505 g/mol. The predicted octanol–water partition coefficient (Wildman–Crippen LogP) is 4.52. The van der Waals surface area contributed by atoms with Crippen LogP contribution < -0.4 is 26.1 Å². The van der Waals surface area contributed by atoms with Gasteiger partial charge in [-0.1, -0.05) is 11.6 Å². The summed E-state index contributed by atoms with van der Waals surface area (Å²) < 4.78 is 23.3. The molecule has 4 aromatic rings. The lowest BCUT2D eigenvalue weighted by Gasteiger charge is -2.30. The van der Waals surface area contributed by atoms with E-state index in [0.717, 1.165) is 27.8 Å². The second kappa shape index (κ2) is 9.27. The Morgan fingerprint density at radius 2 is 1.97 bits per heavy atom. The number of nitrogens with zero attached hydrogens (tertiary/aromatic N) is 2. The number of fused-ring (bicyclic) bond motifs is 1. The van der Waals surface area contributed by atoms with Crippen molar-refractivity contribution in [2.75, 3.05) is 42.7 Å². The number of aromatic carboxylic acids is 1. The normalized spacial score (nSPS) is 14.5. The van der Waals surface area contributed by atoms with Crippen molar-refractivity contribution in [2.45, 2.75) is 26.8 Å². The smallest absolute Gasteiger partial charge is 0.341 e. The topological polar surface area (TPSA) is 118 Å². The number of ether oxygens (including phenoxy) is 1. The Labute approximate surface area is 212 Å². The first-order valence-corrected chi connectivity index (χ1v) is 12.0. The predicted molar refractivity (Wildman–Crippen MR) is 143 cm³/mol. The Bertz CT molecular complexity index is 1630. The summed E-state index contributed by atoms with van der Waals surface area (Å²) in [5.41, 5.74) is 3.08. The molecule has 1 atom stereocenters. The lowest BCUT2D eigenvalue weighted by molar-refractivity contribution is 0.0694. The third kappa shape index (κ3) is 4.08. The molecule has 0 saturated heterocycles. The number of aromatic nitrogens is 2. The maximum atomic E-state index is 15.7. The van der Waals surface area contributed by atoms with Crippen LogP contribution in [0.1, 0.15) is 34.6 Å². The summed E-state index contributed by atoms with van der Waals surface area (Å²) in [7, 11) is 1.50. The Kier molecular flexibility index (Phi) is 6.10. The average Bonchev–Trinajstić information content (AvgIpc) is 2.86. The SMILES string of the molecule is CNc1c(F)c(NCCNc2cc(C)nc3ccc(C)cc23)c2c3c1c(=O)c(C(=O)O)cn3[C@@H](C)CO2. The van der Waals surface area contributed by atoms with Crippen LogP contribution in [0, 0.1) is 19.7 Å². The number of rotatable bonds is 7. The molecule has 0 bridgehead atoms. The molecule has 0 aliphatic carbocycles. The van der Waals surface area contributed by atoms with Gasteiger partial charge in [0, 0.05) is 43.1 Å². The molecule has 4 N–H and O–H groups in total. The maximum absolute atomic E-state index is 15.7. The van der Waals surface area contributed by atoms with Gasteiger partial charge in [-0.3, -0.25) is 9.78 Å². The first-order chi connectivity index (χ1) is 17.7. The number of aryl methyl sites for hydroxylation is 2. The minimum absolute atomic E-state index is 0.0424. The molecular formula is C27H28FN5O4. The lowest BCUT2D eigenvalue weighted by atomic mass is 10.0. The number of nitrogens with one attached hydrogen (secondary N) is 3. The van der Waals surface area contributed by atoms with Crippen LogP contribution in [-0.4, -0.2) is 47.4 Å². The molecule has 3 heterocycles. The molecular weight excluding hydrogens is 477 g/mol. The summed E-state index contributed by atoms with van der Waals surface area (Å²) in [5, 5.41) is 19.8. The van der Waals surface area contributed by atoms with Gasteiger partial charge in [0.25, 0.3) is 0 Å². The molecule has 0 amide bonds. The third-order valence-electron chi connectivity index (χ3n) is 6.62. The zero-order valence-electron chi connectivity index (χ0n) is 21.0. The number of carbonyl (C=O) groups is 1. The fraction of sp³-hybridized carbons (Fsp3) is 0.296. The van der Waals surface area contributed by atoms with Gasteiger partial charge in [-0.05, 0) is 39.0 Å². The fourth-order valence-electron chi connectivity index (χ4n) is 4.87. The molecule has 1 aliphatic heterocycles. The molecule has 2 aromatic carbocycles. The number of hydrogen-bond acceptors (Lipinski definition) is 7. The second-order valence-corrected chi connectivity index (χ2v) is 9.30. The van der Waals surface area contributed by atoms with Crippen LogP contribution in [-0.2, 0) is 0 Å². The minimum atomic E-state index is -1.36. The fourth-order valence-corrected chi connectivity index (χ4v) is 4.87. The van der Waals surface area contributed by atoms with E-state index < -0.39 is 22.8 Å². The van der Waals surface area contributed by atoms with Crippen LogP contribution in [0.2, 0.25) is 0 Å². The van der Waals surface area contributed by atoms with E-state index in [1.54, 1.807) is 4.57 Å². The highest BCUT2D eigenvalue weighted by Crippen LogP contribution is 2.44. The summed E-state index contributed by atoms with van der Waals surface area (Å²) in [6, 6.07) is 7.81. The Morgan fingerprint density at radius 3 is 2.70 bits per heavy atom. The largest absolute Gasteiger partial charge is 0.487 e. The van der Waals surface area contributed by atoms with Gasteiger partial charge in [0.05, 0.1) is 28.1 Å². The number of hydrogen-bond donors (Lipinski definition) is 4. The molecule has 2 aromatic heterocycles. The van der Waals surface area contributed by atoms with Crippen molar-refractivity contribution < 1.29 is 19.0 Å². The summed E-state index contributed by atoms with van der Waals surface area (Å²) in [6.45, 7) is 6.84. The van der Waals surface area contributed by atoms with E-state index in [-0.39, 0.29) is 35.2 Å². The van der Waals surface area contributed by atoms with Crippen molar-refractivity contribution in [2.24, 2.45) is 0 Å². The third-order valence-corrected chi connectivity index (χ3v) is 6.62. The van der Waals surface area contributed by atoms with Crippen molar-refractivity contribution in [3.05, 3.63) is 63.3 Å². The van der Waals surface area contributed by atoms with E-state index in [9.17, 15) is 14.7 Å². The van der Waals surface area contributed by atoms with Crippen molar-refractivity contribution >= 4 is 44.8 Å². The molecule has 0 saturated carbocycles. The number of carboxylic acids is 1. The van der Waals surface area contributed by atoms with Crippen LogP contribution in [0.4, 0.5) is 21.5 Å². The van der Waals surface area contributed by atoms with E-state index >= 15 is 4.39 Å². The van der Waals surface area contributed by atoms with Crippen LogP contribution in [0.5, 0.6) is 5.75 Å². The van der Waals surface area contributed by atoms with E-state index in [0.29, 0.717) is 18.6 Å².